The van der Waals surface area contributed by atoms with Gasteiger partial charge >= 0.3 is 0 Å². The van der Waals surface area contributed by atoms with Gasteiger partial charge in [0.15, 0.2) is 0 Å². The van der Waals surface area contributed by atoms with Crippen LogP contribution in [0.4, 0.5) is 0 Å². The van der Waals surface area contributed by atoms with Crippen LogP contribution in [0.2, 0.25) is 0 Å². The van der Waals surface area contributed by atoms with Crippen LogP contribution in [-0.2, 0) is 16.1 Å². The first kappa shape index (κ1) is 16.8. The summed E-state index contributed by atoms with van der Waals surface area (Å²) in [5.74, 6) is 1.06. The summed E-state index contributed by atoms with van der Waals surface area (Å²) in [5, 5.41) is 8.01. The smallest absolute Gasteiger partial charge is 0.242 e. The van der Waals surface area contributed by atoms with Crippen LogP contribution in [0.5, 0.6) is 0 Å². The van der Waals surface area contributed by atoms with Crippen molar-refractivity contribution in [3.63, 3.8) is 0 Å². The highest BCUT2D eigenvalue weighted by molar-refractivity contribution is 5.84. The zero-order chi connectivity index (χ0) is 18.1. The quantitative estimate of drug-likeness (QED) is 0.762. The van der Waals surface area contributed by atoms with Crippen molar-refractivity contribution in [2.24, 2.45) is 0 Å². The maximum Gasteiger partial charge on any atom is 0.242 e. The Morgan fingerprint density at radius 2 is 2.27 bits per heavy atom. The van der Waals surface area contributed by atoms with E-state index in [9.17, 15) is 4.79 Å². The fraction of sp³-hybridized carbons (Fsp3) is 0.421. The monoisotopic (exact) mass is 353 g/mol. The fourth-order valence-electron chi connectivity index (χ4n) is 3.72. The van der Waals surface area contributed by atoms with E-state index in [1.807, 2.05) is 26.1 Å². The molecule has 1 aromatic carbocycles. The minimum Gasteiger partial charge on any atom is -0.376 e. The molecule has 3 aromatic rings. The molecule has 0 saturated carbocycles. The van der Waals surface area contributed by atoms with Gasteiger partial charge in [-0.25, -0.2) is 4.98 Å². The van der Waals surface area contributed by atoms with Gasteiger partial charge in [0, 0.05) is 37.3 Å². The number of likely N-dealkylation sites (N-methyl/N-ethyl adjacent to an activating group) is 1. The second-order valence-electron chi connectivity index (χ2n) is 6.88. The van der Waals surface area contributed by atoms with E-state index >= 15 is 0 Å². The topological polar surface area (TPSA) is 76.0 Å². The molecule has 26 heavy (non-hydrogen) atoms. The maximum atomic E-state index is 12.8. The van der Waals surface area contributed by atoms with Crippen molar-refractivity contribution in [3.8, 4) is 0 Å². The lowest BCUT2D eigenvalue weighted by Gasteiger charge is -2.24. The van der Waals surface area contributed by atoms with Gasteiger partial charge in [0.2, 0.25) is 5.91 Å². The van der Waals surface area contributed by atoms with Crippen molar-refractivity contribution >= 4 is 16.8 Å². The van der Waals surface area contributed by atoms with Crippen molar-refractivity contribution in [1.29, 1.82) is 0 Å². The molecule has 1 aliphatic rings. The average molecular weight is 353 g/mol. The second-order valence-corrected chi connectivity index (χ2v) is 6.88. The molecule has 1 aliphatic heterocycles. The molecule has 4 rings (SSSR count). The number of ether oxygens (including phenoxy) is 1. The van der Waals surface area contributed by atoms with Crippen molar-refractivity contribution in [2.75, 3.05) is 20.2 Å². The molecule has 136 valence electrons. The number of hydrogen-bond acceptors (Lipinski definition) is 4. The molecule has 3 heterocycles. The number of aromatic nitrogens is 4. The first-order valence-electron chi connectivity index (χ1n) is 8.89. The number of amides is 1. The minimum absolute atomic E-state index is 0.0561. The van der Waals surface area contributed by atoms with Crippen LogP contribution in [0.15, 0.2) is 36.7 Å². The Morgan fingerprint density at radius 1 is 1.42 bits per heavy atom. The summed E-state index contributed by atoms with van der Waals surface area (Å²) < 4.78 is 7.92. The molecule has 0 spiro atoms. The number of nitrogens with zero attached hydrogens (tertiary/aromatic N) is 4. The van der Waals surface area contributed by atoms with Gasteiger partial charge in [-0.3, -0.25) is 9.89 Å². The van der Waals surface area contributed by atoms with Crippen molar-refractivity contribution < 1.29 is 9.53 Å². The predicted octanol–water partition coefficient (Wildman–Crippen LogP) is 2.10. The third kappa shape index (κ3) is 3.10. The molecule has 7 nitrogen and oxygen atoms in total. The lowest BCUT2D eigenvalue weighted by Crippen LogP contribution is -2.38. The number of nitrogens with one attached hydrogen (secondary N) is 1. The Kier molecular flexibility index (Phi) is 4.46. The Balaban J connectivity index is 1.45. The number of H-pyrrole nitrogens is 1. The van der Waals surface area contributed by atoms with Gasteiger partial charge in [-0.05, 0) is 30.9 Å². The number of para-hydroxylation sites is 1. The van der Waals surface area contributed by atoms with E-state index < -0.39 is 0 Å². The number of rotatable bonds is 5. The molecule has 1 saturated heterocycles. The fourth-order valence-corrected chi connectivity index (χ4v) is 3.72. The van der Waals surface area contributed by atoms with Crippen LogP contribution in [0.1, 0.15) is 23.9 Å². The molecule has 0 bridgehead atoms. The Morgan fingerprint density at radius 3 is 3.08 bits per heavy atom. The molecule has 0 unspecified atom stereocenters. The number of hydrogen-bond donors (Lipinski definition) is 1. The largest absolute Gasteiger partial charge is 0.376 e. The van der Waals surface area contributed by atoms with E-state index in [1.165, 1.54) is 6.33 Å². The third-order valence-corrected chi connectivity index (χ3v) is 5.19. The van der Waals surface area contributed by atoms with Crippen LogP contribution in [-0.4, -0.2) is 56.9 Å². The molecule has 1 amide bonds. The van der Waals surface area contributed by atoms with Crippen LogP contribution < -0.4 is 0 Å². The average Bonchev–Trinajstić information content (AvgIpc) is 3.35. The summed E-state index contributed by atoms with van der Waals surface area (Å²) in [5.41, 5.74) is 2.17. The zero-order valence-corrected chi connectivity index (χ0v) is 15.1. The summed E-state index contributed by atoms with van der Waals surface area (Å²) in [7, 11) is 1.84. The van der Waals surface area contributed by atoms with Gasteiger partial charge in [0.1, 0.15) is 18.7 Å². The highest BCUT2D eigenvalue weighted by Crippen LogP contribution is 2.29. The van der Waals surface area contributed by atoms with E-state index in [-0.39, 0.29) is 17.9 Å². The van der Waals surface area contributed by atoms with E-state index in [0.717, 1.165) is 28.8 Å². The molecular formula is C19H23N5O2. The minimum atomic E-state index is -0.0561. The number of aromatic amines is 1. The first-order valence-corrected chi connectivity index (χ1v) is 8.89. The summed E-state index contributed by atoms with van der Waals surface area (Å²) in [4.78, 5) is 18.8. The number of carbonyl (C=O) groups is 1. The number of aryl methyl sites for hydroxylation is 1. The maximum absolute atomic E-state index is 12.8. The zero-order valence-electron chi connectivity index (χ0n) is 15.1. The molecule has 1 fully saturated rings. The number of benzene rings is 1. The van der Waals surface area contributed by atoms with Crippen molar-refractivity contribution in [1.82, 2.24) is 24.6 Å². The first-order chi connectivity index (χ1) is 12.6. The standard InChI is InChI=1S/C19H23N5O2/c1-13-9-14-5-3-4-6-16(14)24(13)11-18(25)23(2)10-17-15(7-8-26-17)19-20-12-21-22-19/h3-6,9,12,15,17H,7-8,10-11H2,1-2H3,(H,20,21,22)/t15-,17-/m1/s1. The molecule has 0 aliphatic carbocycles. The molecule has 1 N–H and O–H groups in total. The van der Waals surface area contributed by atoms with Gasteiger partial charge in [0.05, 0.1) is 6.10 Å². The van der Waals surface area contributed by atoms with Crippen molar-refractivity contribution in [3.05, 3.63) is 48.2 Å². The molecule has 2 aromatic heterocycles. The number of carbonyl (C=O) groups excluding carboxylic acids is 1. The van der Waals surface area contributed by atoms with Gasteiger partial charge in [-0.1, -0.05) is 18.2 Å². The van der Waals surface area contributed by atoms with E-state index in [4.69, 9.17) is 4.74 Å². The lowest BCUT2D eigenvalue weighted by atomic mass is 10.0. The molecule has 0 radical (unpaired) electrons. The van der Waals surface area contributed by atoms with E-state index in [2.05, 4.69) is 37.9 Å². The Bertz CT molecular complexity index is 902. The predicted molar refractivity (Wildman–Crippen MR) is 97.8 cm³/mol. The number of fused-ring (bicyclic) bond motifs is 1. The highest BCUT2D eigenvalue weighted by atomic mass is 16.5. The molecular weight excluding hydrogens is 330 g/mol. The normalized spacial score (nSPS) is 19.9. The van der Waals surface area contributed by atoms with Gasteiger partial charge in [-0.15, -0.1) is 0 Å². The lowest BCUT2D eigenvalue weighted by molar-refractivity contribution is -0.132. The summed E-state index contributed by atoms with van der Waals surface area (Å²) in [6, 6.07) is 10.3. The molecule has 7 heteroatoms. The van der Waals surface area contributed by atoms with Crippen LogP contribution in [0.25, 0.3) is 10.9 Å². The van der Waals surface area contributed by atoms with Crippen LogP contribution in [0, 0.1) is 6.92 Å². The second kappa shape index (κ2) is 6.92. The molecule has 2 atom stereocenters. The van der Waals surface area contributed by atoms with Gasteiger partial charge in [0.25, 0.3) is 0 Å². The van der Waals surface area contributed by atoms with E-state index in [0.29, 0.717) is 19.7 Å². The van der Waals surface area contributed by atoms with Gasteiger partial charge < -0.3 is 14.2 Å². The third-order valence-electron chi connectivity index (χ3n) is 5.19. The highest BCUT2D eigenvalue weighted by Gasteiger charge is 2.33. The van der Waals surface area contributed by atoms with Gasteiger partial charge in [-0.2, -0.15) is 5.10 Å². The summed E-state index contributed by atoms with van der Waals surface area (Å²) in [6.45, 7) is 3.59. The summed E-state index contributed by atoms with van der Waals surface area (Å²) >= 11 is 0. The van der Waals surface area contributed by atoms with Crippen LogP contribution >= 0.6 is 0 Å². The van der Waals surface area contributed by atoms with Crippen molar-refractivity contribution in [2.45, 2.75) is 31.9 Å². The Hall–Kier alpha value is -2.67. The Labute approximate surface area is 152 Å². The van der Waals surface area contributed by atoms with Crippen LogP contribution in [0.3, 0.4) is 0 Å². The summed E-state index contributed by atoms with van der Waals surface area (Å²) in [6.07, 6.45) is 2.35. The SMILES string of the molecule is Cc1cc2ccccc2n1CC(=O)N(C)C[C@H]1OCC[C@H]1c1ncn[nH]1. The van der Waals surface area contributed by atoms with E-state index in [1.54, 1.807) is 4.90 Å².